The van der Waals surface area contributed by atoms with Crippen LogP contribution in [0.2, 0.25) is 5.02 Å². The minimum absolute atomic E-state index is 0.141. The molecule has 1 N–H and O–H groups in total. The Labute approximate surface area is 96.8 Å². The molecule has 1 aromatic heterocycles. The molecule has 0 aliphatic carbocycles. The summed E-state index contributed by atoms with van der Waals surface area (Å²) in [5.41, 5.74) is 0.342. The Bertz CT molecular complexity index is 370. The van der Waals surface area contributed by atoms with Crippen LogP contribution in [0.15, 0.2) is 12.3 Å². The van der Waals surface area contributed by atoms with E-state index in [9.17, 15) is 9.90 Å². The van der Waals surface area contributed by atoms with Crippen molar-refractivity contribution in [2.75, 3.05) is 6.61 Å². The first-order valence-corrected chi connectivity index (χ1v) is 4.96. The average Bonchev–Trinajstić information content (AvgIpc) is 2.17. The van der Waals surface area contributed by atoms with Gasteiger partial charge in [0, 0.05) is 12.8 Å². The zero-order chi connectivity index (χ0) is 11.4. The van der Waals surface area contributed by atoms with E-state index in [4.69, 9.17) is 27.9 Å². The number of carbonyl (C=O) groups excluding carboxylic acids is 1. The number of halogens is 2. The van der Waals surface area contributed by atoms with Crippen molar-refractivity contribution >= 4 is 28.4 Å². The molecule has 0 saturated carbocycles. The lowest BCUT2D eigenvalue weighted by atomic mass is 10.2. The molecule has 0 saturated heterocycles. The molecule has 0 fully saturated rings. The number of ether oxygens (including phenoxy) is 1. The summed E-state index contributed by atoms with van der Waals surface area (Å²) in [4.78, 5) is 14.6. The number of nitrogens with zero attached hydrogens (tertiary/aromatic N) is 1. The van der Waals surface area contributed by atoms with Gasteiger partial charge in [0.05, 0.1) is 10.6 Å². The molecule has 1 unspecified atom stereocenters. The molecule has 0 radical (unpaired) electrons. The number of hydrogen-bond donors (Lipinski definition) is 1. The molecular weight excluding hydrogens is 241 g/mol. The van der Waals surface area contributed by atoms with Gasteiger partial charge in [-0.2, -0.15) is 0 Å². The van der Waals surface area contributed by atoms with Crippen LogP contribution in [0.3, 0.4) is 0 Å². The lowest BCUT2D eigenvalue weighted by Gasteiger charge is -2.11. The molecule has 4 nitrogen and oxygen atoms in total. The fourth-order valence-electron chi connectivity index (χ4n) is 0.974. The Morgan fingerprint density at radius 2 is 2.40 bits per heavy atom. The summed E-state index contributed by atoms with van der Waals surface area (Å²) in [5, 5.41) is 8.93. The molecule has 1 atom stereocenters. The third kappa shape index (κ3) is 3.14. The van der Waals surface area contributed by atoms with E-state index in [1.54, 1.807) is 6.92 Å². The second kappa shape index (κ2) is 5.42. The van der Waals surface area contributed by atoms with Crippen LogP contribution in [0, 0.1) is 0 Å². The summed E-state index contributed by atoms with van der Waals surface area (Å²) >= 11 is 11.0. The van der Waals surface area contributed by atoms with Crippen molar-refractivity contribution in [2.45, 2.75) is 13.2 Å². The van der Waals surface area contributed by atoms with Gasteiger partial charge in [-0.1, -0.05) is 11.6 Å². The van der Waals surface area contributed by atoms with E-state index < -0.39 is 11.5 Å². The van der Waals surface area contributed by atoms with E-state index in [1.165, 1.54) is 12.3 Å². The van der Waals surface area contributed by atoms with Crippen LogP contribution in [-0.4, -0.2) is 21.9 Å². The molecule has 6 heteroatoms. The van der Waals surface area contributed by atoms with E-state index in [2.05, 4.69) is 4.98 Å². The van der Waals surface area contributed by atoms with Gasteiger partial charge in [-0.15, -0.1) is 0 Å². The largest absolute Gasteiger partial charge is 0.363 e. The highest BCUT2D eigenvalue weighted by Crippen LogP contribution is 2.23. The van der Waals surface area contributed by atoms with E-state index in [-0.39, 0.29) is 16.3 Å². The summed E-state index contributed by atoms with van der Waals surface area (Å²) in [6.45, 7) is 2.06. The molecule has 15 heavy (non-hydrogen) atoms. The van der Waals surface area contributed by atoms with Crippen LogP contribution in [0.5, 0.6) is 0 Å². The minimum atomic E-state index is -1.19. The molecule has 0 amide bonds. The van der Waals surface area contributed by atoms with Crippen molar-refractivity contribution in [3.63, 3.8) is 0 Å². The Hall–Kier alpha value is -0.680. The number of hydrogen-bond acceptors (Lipinski definition) is 4. The molecule has 0 aliphatic heterocycles. The third-order valence-corrected chi connectivity index (χ3v) is 2.18. The first-order chi connectivity index (χ1) is 7.06. The van der Waals surface area contributed by atoms with Gasteiger partial charge in [0.25, 0.3) is 5.24 Å². The zero-order valence-electron chi connectivity index (χ0n) is 7.91. The molecule has 0 aliphatic rings. The molecule has 0 bridgehead atoms. The van der Waals surface area contributed by atoms with Gasteiger partial charge in [0.1, 0.15) is 5.69 Å². The van der Waals surface area contributed by atoms with Gasteiger partial charge in [-0.25, -0.2) is 0 Å². The number of rotatable bonds is 4. The third-order valence-electron chi connectivity index (χ3n) is 1.66. The Kier molecular flexibility index (Phi) is 4.47. The molecule has 1 rings (SSSR count). The standard InChI is InChI=1S/C9H9Cl2NO3/c1-2-15-9(14)7-6(10)3-5(4-12-7)8(11)13/h3-4,9,14H,2H2,1H3. The van der Waals surface area contributed by atoms with Gasteiger partial charge >= 0.3 is 0 Å². The maximum atomic E-state index is 10.8. The number of aromatic nitrogens is 1. The fraction of sp³-hybridized carbons (Fsp3) is 0.333. The van der Waals surface area contributed by atoms with Crippen LogP contribution in [0.25, 0.3) is 0 Å². The number of carbonyl (C=O) groups is 1. The van der Waals surface area contributed by atoms with Crippen LogP contribution in [-0.2, 0) is 4.74 Å². The van der Waals surface area contributed by atoms with E-state index >= 15 is 0 Å². The van der Waals surface area contributed by atoms with Crippen molar-refractivity contribution in [1.82, 2.24) is 4.98 Å². The van der Waals surface area contributed by atoms with Gasteiger partial charge < -0.3 is 9.84 Å². The van der Waals surface area contributed by atoms with Gasteiger partial charge in [0.2, 0.25) is 0 Å². The normalized spacial score (nSPS) is 12.5. The monoisotopic (exact) mass is 249 g/mol. The molecular formula is C9H9Cl2NO3. The average molecular weight is 250 g/mol. The first kappa shape index (κ1) is 12.4. The van der Waals surface area contributed by atoms with E-state index in [0.717, 1.165) is 0 Å². The quantitative estimate of drug-likeness (QED) is 0.656. The van der Waals surface area contributed by atoms with Crippen LogP contribution in [0.4, 0.5) is 0 Å². The summed E-state index contributed by atoms with van der Waals surface area (Å²) in [6.07, 6.45) is 0.0423. The highest BCUT2D eigenvalue weighted by molar-refractivity contribution is 6.67. The SMILES string of the molecule is CCOC(O)c1ncc(C(=O)Cl)cc1Cl. The lowest BCUT2D eigenvalue weighted by molar-refractivity contribution is -0.101. The predicted molar refractivity (Wildman–Crippen MR) is 56.0 cm³/mol. The number of aliphatic hydroxyl groups is 1. The second-order valence-corrected chi connectivity index (χ2v) is 3.42. The van der Waals surface area contributed by atoms with Crippen molar-refractivity contribution in [3.8, 4) is 0 Å². The minimum Gasteiger partial charge on any atom is -0.363 e. The van der Waals surface area contributed by atoms with Gasteiger partial charge in [-0.05, 0) is 24.6 Å². The summed E-state index contributed by atoms with van der Waals surface area (Å²) < 4.78 is 4.90. The lowest BCUT2D eigenvalue weighted by Crippen LogP contribution is -2.07. The Balaban J connectivity index is 2.97. The molecule has 0 spiro atoms. The molecule has 0 aromatic carbocycles. The highest BCUT2D eigenvalue weighted by Gasteiger charge is 2.15. The maximum absolute atomic E-state index is 10.8. The van der Waals surface area contributed by atoms with Crippen LogP contribution in [0.1, 0.15) is 29.3 Å². The van der Waals surface area contributed by atoms with E-state index in [0.29, 0.717) is 6.61 Å². The molecule has 1 heterocycles. The highest BCUT2D eigenvalue weighted by atomic mass is 35.5. The number of pyridine rings is 1. The summed E-state index contributed by atoms with van der Waals surface area (Å²) in [7, 11) is 0. The maximum Gasteiger partial charge on any atom is 0.253 e. The first-order valence-electron chi connectivity index (χ1n) is 4.21. The Morgan fingerprint density at radius 3 is 2.87 bits per heavy atom. The number of aliphatic hydroxyl groups excluding tert-OH is 1. The zero-order valence-corrected chi connectivity index (χ0v) is 9.42. The summed E-state index contributed by atoms with van der Waals surface area (Å²) in [6, 6.07) is 1.33. The fourth-order valence-corrected chi connectivity index (χ4v) is 1.34. The second-order valence-electron chi connectivity index (χ2n) is 2.67. The van der Waals surface area contributed by atoms with Gasteiger partial charge in [0.15, 0.2) is 6.29 Å². The topological polar surface area (TPSA) is 59.4 Å². The Morgan fingerprint density at radius 1 is 1.73 bits per heavy atom. The van der Waals surface area contributed by atoms with Crippen LogP contribution < -0.4 is 0 Å². The summed E-state index contributed by atoms with van der Waals surface area (Å²) in [5.74, 6) is 0. The molecule has 82 valence electrons. The predicted octanol–water partition coefficient (Wildman–Crippen LogP) is 2.14. The van der Waals surface area contributed by atoms with Gasteiger partial charge in [-0.3, -0.25) is 9.78 Å². The van der Waals surface area contributed by atoms with Crippen molar-refractivity contribution in [3.05, 3.63) is 28.5 Å². The van der Waals surface area contributed by atoms with Crippen molar-refractivity contribution in [2.24, 2.45) is 0 Å². The smallest absolute Gasteiger partial charge is 0.253 e. The molecule has 1 aromatic rings. The van der Waals surface area contributed by atoms with Crippen molar-refractivity contribution in [1.29, 1.82) is 0 Å². The van der Waals surface area contributed by atoms with E-state index in [1.807, 2.05) is 0 Å². The van der Waals surface area contributed by atoms with Crippen molar-refractivity contribution < 1.29 is 14.6 Å². The van der Waals surface area contributed by atoms with Crippen LogP contribution >= 0.6 is 23.2 Å².